The van der Waals surface area contributed by atoms with Crippen molar-refractivity contribution in [1.82, 2.24) is 10.1 Å². The molecule has 4 nitrogen and oxygen atoms in total. The van der Waals surface area contributed by atoms with E-state index in [1.54, 1.807) is 0 Å². The SMILES string of the molecule is O=C(CCc1ccccc1)N1CCc2c(noc2-c2ccc(Cl)cc2)C1. The van der Waals surface area contributed by atoms with Crippen LogP contribution in [0, 0.1) is 0 Å². The Bertz CT molecular complexity index is 904. The molecule has 4 rings (SSSR count). The molecular formula is C21H19ClN2O2. The van der Waals surface area contributed by atoms with Crippen LogP contribution in [0.1, 0.15) is 23.2 Å². The Morgan fingerprint density at radius 3 is 2.65 bits per heavy atom. The highest BCUT2D eigenvalue weighted by Crippen LogP contribution is 2.31. The van der Waals surface area contributed by atoms with E-state index in [1.807, 2.05) is 47.4 Å². The summed E-state index contributed by atoms with van der Waals surface area (Å²) in [6, 6.07) is 17.6. The van der Waals surface area contributed by atoms with Gasteiger partial charge in [0, 0.05) is 29.1 Å². The molecule has 1 aromatic heterocycles. The molecule has 2 heterocycles. The molecule has 0 aliphatic carbocycles. The minimum Gasteiger partial charge on any atom is -0.356 e. The lowest BCUT2D eigenvalue weighted by atomic mass is 10.00. The Kier molecular flexibility index (Phi) is 4.76. The van der Waals surface area contributed by atoms with Crippen LogP contribution in [0.4, 0.5) is 0 Å². The predicted molar refractivity (Wildman–Crippen MR) is 101 cm³/mol. The summed E-state index contributed by atoms with van der Waals surface area (Å²) in [5, 5.41) is 4.90. The zero-order valence-electron chi connectivity index (χ0n) is 14.3. The average Bonchev–Trinajstić information content (AvgIpc) is 3.11. The molecule has 0 unspecified atom stereocenters. The molecule has 3 aromatic rings. The molecule has 1 aliphatic rings. The molecule has 0 atom stereocenters. The van der Waals surface area contributed by atoms with Crippen molar-refractivity contribution in [2.75, 3.05) is 6.54 Å². The number of hydrogen-bond acceptors (Lipinski definition) is 3. The molecule has 1 aliphatic heterocycles. The number of aromatic nitrogens is 1. The second-order valence-electron chi connectivity index (χ2n) is 6.49. The number of nitrogens with zero attached hydrogens (tertiary/aromatic N) is 2. The molecule has 0 saturated heterocycles. The summed E-state index contributed by atoms with van der Waals surface area (Å²) < 4.78 is 5.57. The normalized spacial score (nSPS) is 13.5. The predicted octanol–water partition coefficient (Wildman–Crippen LogP) is 4.51. The zero-order valence-corrected chi connectivity index (χ0v) is 15.1. The van der Waals surface area contributed by atoms with E-state index in [0.29, 0.717) is 24.5 Å². The van der Waals surface area contributed by atoms with Gasteiger partial charge in [0.15, 0.2) is 5.76 Å². The van der Waals surface area contributed by atoms with E-state index in [1.165, 1.54) is 5.56 Å². The van der Waals surface area contributed by atoms with Crippen molar-refractivity contribution in [1.29, 1.82) is 0 Å². The van der Waals surface area contributed by atoms with Crippen LogP contribution in [0.15, 0.2) is 59.1 Å². The Hall–Kier alpha value is -2.59. The lowest BCUT2D eigenvalue weighted by Gasteiger charge is -2.26. The molecule has 1 amide bonds. The van der Waals surface area contributed by atoms with Gasteiger partial charge in [-0.15, -0.1) is 0 Å². The van der Waals surface area contributed by atoms with Gasteiger partial charge in [-0.05, 0) is 42.7 Å². The maximum atomic E-state index is 12.5. The first-order valence-electron chi connectivity index (χ1n) is 8.76. The lowest BCUT2D eigenvalue weighted by molar-refractivity contribution is -0.132. The molecule has 26 heavy (non-hydrogen) atoms. The third-order valence-corrected chi connectivity index (χ3v) is 5.02. The molecule has 5 heteroatoms. The number of carbonyl (C=O) groups is 1. The van der Waals surface area contributed by atoms with Crippen LogP contribution in [0.3, 0.4) is 0 Å². The van der Waals surface area contributed by atoms with Gasteiger partial charge in [0.05, 0.1) is 6.54 Å². The van der Waals surface area contributed by atoms with Crippen LogP contribution in [-0.2, 0) is 24.2 Å². The van der Waals surface area contributed by atoms with Gasteiger partial charge in [0.2, 0.25) is 5.91 Å². The van der Waals surface area contributed by atoms with Gasteiger partial charge in [-0.2, -0.15) is 0 Å². The fourth-order valence-electron chi connectivity index (χ4n) is 3.33. The van der Waals surface area contributed by atoms with E-state index in [9.17, 15) is 4.79 Å². The maximum absolute atomic E-state index is 12.5. The highest BCUT2D eigenvalue weighted by atomic mass is 35.5. The largest absolute Gasteiger partial charge is 0.356 e. The summed E-state index contributed by atoms with van der Waals surface area (Å²) in [6.45, 7) is 1.21. The van der Waals surface area contributed by atoms with Crippen molar-refractivity contribution >= 4 is 17.5 Å². The first-order valence-corrected chi connectivity index (χ1v) is 9.13. The second-order valence-corrected chi connectivity index (χ2v) is 6.93. The van der Waals surface area contributed by atoms with E-state index in [-0.39, 0.29) is 5.91 Å². The number of amides is 1. The Balaban J connectivity index is 1.43. The molecule has 0 radical (unpaired) electrons. The smallest absolute Gasteiger partial charge is 0.223 e. The molecule has 0 bridgehead atoms. The average molecular weight is 367 g/mol. The van der Waals surface area contributed by atoms with Crippen LogP contribution in [0.5, 0.6) is 0 Å². The van der Waals surface area contributed by atoms with Gasteiger partial charge in [-0.25, -0.2) is 0 Å². The van der Waals surface area contributed by atoms with Crippen LogP contribution in [0.2, 0.25) is 5.02 Å². The van der Waals surface area contributed by atoms with Gasteiger partial charge >= 0.3 is 0 Å². The van der Waals surface area contributed by atoms with Crippen LogP contribution in [0.25, 0.3) is 11.3 Å². The lowest BCUT2D eigenvalue weighted by Crippen LogP contribution is -2.36. The summed E-state index contributed by atoms with van der Waals surface area (Å²) in [5.41, 5.74) is 4.10. The molecule has 2 aromatic carbocycles. The van der Waals surface area contributed by atoms with Crippen molar-refractivity contribution in [2.45, 2.75) is 25.8 Å². The molecule has 132 valence electrons. The van der Waals surface area contributed by atoms with Crippen molar-refractivity contribution < 1.29 is 9.32 Å². The molecule has 0 spiro atoms. The fourth-order valence-corrected chi connectivity index (χ4v) is 3.45. The molecule has 0 fully saturated rings. The number of fused-ring (bicyclic) bond motifs is 1. The van der Waals surface area contributed by atoms with Crippen molar-refractivity contribution in [3.63, 3.8) is 0 Å². The number of benzene rings is 2. The van der Waals surface area contributed by atoms with Gasteiger partial charge in [-0.3, -0.25) is 4.79 Å². The van der Waals surface area contributed by atoms with E-state index < -0.39 is 0 Å². The molecular weight excluding hydrogens is 348 g/mol. The summed E-state index contributed by atoms with van der Waals surface area (Å²) >= 11 is 5.95. The topological polar surface area (TPSA) is 46.3 Å². The van der Waals surface area contributed by atoms with Crippen molar-refractivity contribution in [2.24, 2.45) is 0 Å². The van der Waals surface area contributed by atoms with E-state index in [4.69, 9.17) is 16.1 Å². The summed E-state index contributed by atoms with van der Waals surface area (Å²) in [6.07, 6.45) is 2.03. The van der Waals surface area contributed by atoms with Crippen LogP contribution < -0.4 is 0 Å². The third-order valence-electron chi connectivity index (χ3n) is 4.77. The highest BCUT2D eigenvalue weighted by molar-refractivity contribution is 6.30. The highest BCUT2D eigenvalue weighted by Gasteiger charge is 2.26. The Morgan fingerprint density at radius 1 is 1.12 bits per heavy atom. The molecule has 0 saturated carbocycles. The summed E-state index contributed by atoms with van der Waals surface area (Å²) in [4.78, 5) is 14.4. The number of halogens is 1. The zero-order chi connectivity index (χ0) is 17.9. The number of carbonyl (C=O) groups excluding carboxylic acids is 1. The summed E-state index contributed by atoms with van der Waals surface area (Å²) in [7, 11) is 0. The van der Waals surface area contributed by atoms with E-state index >= 15 is 0 Å². The van der Waals surface area contributed by atoms with Crippen LogP contribution >= 0.6 is 11.6 Å². The first kappa shape index (κ1) is 16.9. The second kappa shape index (κ2) is 7.34. The Labute approximate surface area is 157 Å². The minimum atomic E-state index is 0.163. The Morgan fingerprint density at radius 2 is 1.88 bits per heavy atom. The monoisotopic (exact) mass is 366 g/mol. The summed E-state index contributed by atoms with van der Waals surface area (Å²) in [5.74, 6) is 0.948. The first-order chi connectivity index (χ1) is 12.7. The van der Waals surface area contributed by atoms with Gasteiger partial charge in [0.25, 0.3) is 0 Å². The van der Waals surface area contributed by atoms with Gasteiger partial charge in [0.1, 0.15) is 5.69 Å². The van der Waals surface area contributed by atoms with Crippen molar-refractivity contribution in [3.05, 3.63) is 76.4 Å². The fraction of sp³-hybridized carbons (Fsp3) is 0.238. The number of aryl methyl sites for hydroxylation is 1. The number of rotatable bonds is 4. The number of hydrogen-bond donors (Lipinski definition) is 0. The van der Waals surface area contributed by atoms with Gasteiger partial charge in [-0.1, -0.05) is 47.1 Å². The molecule has 0 N–H and O–H groups in total. The van der Waals surface area contributed by atoms with Gasteiger partial charge < -0.3 is 9.42 Å². The standard InChI is InChI=1S/C21H19ClN2O2/c22-17-9-7-16(8-10-17)21-18-12-13-24(14-19(18)23-26-21)20(25)11-6-15-4-2-1-3-5-15/h1-5,7-10H,6,11-14H2. The van der Waals surface area contributed by atoms with E-state index in [0.717, 1.165) is 35.4 Å². The van der Waals surface area contributed by atoms with Crippen molar-refractivity contribution in [3.8, 4) is 11.3 Å². The third kappa shape index (κ3) is 3.51. The maximum Gasteiger partial charge on any atom is 0.223 e. The quantitative estimate of drug-likeness (QED) is 0.682. The van der Waals surface area contributed by atoms with E-state index in [2.05, 4.69) is 17.3 Å². The minimum absolute atomic E-state index is 0.163. The van der Waals surface area contributed by atoms with Crippen LogP contribution in [-0.4, -0.2) is 22.5 Å².